The summed E-state index contributed by atoms with van der Waals surface area (Å²) in [7, 11) is -3.83. The standard InChI is InChI=1S/C24H37FN7O7P/c1-5-7-9-36-23(33)15(3)30-40(35,31-16(4)24(34)37-10-8-6-2)14-38-18-11-17(25)22(39-18)32-13-29-19-20(26)27-12-28-21(19)32/h11-13,15-16,18,22H,5-10,14H2,1-4H3,(H2,26,27,28)(H2,30,31,35)/t15-,16-,18-,22+/m0/s1. The number of imidazole rings is 1. The number of nitrogens with one attached hydrogen (secondary N) is 2. The number of nitrogens with zero attached hydrogens (tertiary/aromatic N) is 4. The second-order valence-electron chi connectivity index (χ2n) is 9.27. The number of unbranched alkanes of at least 4 members (excludes halogenated alkanes) is 2. The van der Waals surface area contributed by atoms with E-state index < -0.39 is 56.2 Å². The van der Waals surface area contributed by atoms with E-state index in [0.29, 0.717) is 12.8 Å². The molecule has 222 valence electrons. The normalized spacial score (nSPS) is 18.9. The van der Waals surface area contributed by atoms with E-state index in [1.165, 1.54) is 31.1 Å². The van der Waals surface area contributed by atoms with Crippen LogP contribution in [0.15, 0.2) is 24.6 Å². The number of esters is 2. The van der Waals surface area contributed by atoms with Crippen molar-refractivity contribution in [3.63, 3.8) is 0 Å². The number of hydrogen-bond donors (Lipinski definition) is 3. The number of anilines is 1. The number of hydrogen-bond acceptors (Lipinski definition) is 11. The Hall–Kier alpha value is -2.97. The number of rotatable bonds is 16. The Kier molecular flexibility index (Phi) is 11.5. The highest BCUT2D eigenvalue weighted by molar-refractivity contribution is 7.59. The Balaban J connectivity index is 1.69. The molecule has 14 nitrogen and oxygen atoms in total. The second kappa shape index (κ2) is 14.6. The maximum absolute atomic E-state index is 14.9. The van der Waals surface area contributed by atoms with Gasteiger partial charge in [-0.15, -0.1) is 0 Å². The summed E-state index contributed by atoms with van der Waals surface area (Å²) >= 11 is 0. The molecule has 1 aliphatic rings. The monoisotopic (exact) mass is 585 g/mol. The van der Waals surface area contributed by atoms with Crippen molar-refractivity contribution >= 4 is 36.4 Å². The Morgan fingerprint density at radius 3 is 2.27 bits per heavy atom. The molecule has 4 atom stereocenters. The Labute approximate surface area is 231 Å². The first-order valence-corrected chi connectivity index (χ1v) is 15.0. The molecule has 0 saturated carbocycles. The molecule has 2 aromatic heterocycles. The van der Waals surface area contributed by atoms with E-state index in [-0.39, 0.29) is 30.2 Å². The van der Waals surface area contributed by atoms with Crippen molar-refractivity contribution in [1.82, 2.24) is 29.7 Å². The maximum atomic E-state index is 14.9. The van der Waals surface area contributed by atoms with Crippen molar-refractivity contribution in [1.29, 1.82) is 0 Å². The van der Waals surface area contributed by atoms with Crippen LogP contribution in [0, 0.1) is 0 Å². The summed E-state index contributed by atoms with van der Waals surface area (Å²) in [5.41, 5.74) is 6.33. The van der Waals surface area contributed by atoms with Gasteiger partial charge in [0.25, 0.3) is 0 Å². The summed E-state index contributed by atoms with van der Waals surface area (Å²) < 4.78 is 51.8. The minimum atomic E-state index is -3.83. The van der Waals surface area contributed by atoms with Crippen LogP contribution in [-0.4, -0.2) is 69.4 Å². The lowest BCUT2D eigenvalue weighted by atomic mass is 10.3. The number of halogens is 1. The molecule has 3 heterocycles. The Morgan fingerprint density at radius 2 is 1.70 bits per heavy atom. The van der Waals surface area contributed by atoms with Crippen LogP contribution in [-0.2, 0) is 33.1 Å². The van der Waals surface area contributed by atoms with Crippen molar-refractivity contribution in [2.75, 3.05) is 25.3 Å². The molecule has 40 heavy (non-hydrogen) atoms. The molecule has 1 aliphatic heterocycles. The average Bonchev–Trinajstić information content (AvgIpc) is 3.51. The van der Waals surface area contributed by atoms with Crippen LogP contribution in [0.1, 0.15) is 59.6 Å². The van der Waals surface area contributed by atoms with E-state index >= 15 is 0 Å². The van der Waals surface area contributed by atoms with Gasteiger partial charge in [0.2, 0.25) is 7.44 Å². The lowest BCUT2D eigenvalue weighted by molar-refractivity contribution is -0.145. The summed E-state index contributed by atoms with van der Waals surface area (Å²) in [6.07, 6.45) is 3.55. The third-order valence-corrected chi connectivity index (χ3v) is 7.97. The van der Waals surface area contributed by atoms with Gasteiger partial charge < -0.3 is 24.7 Å². The number of nitrogen functional groups attached to an aromatic ring is 1. The molecule has 0 amide bonds. The molecule has 0 aliphatic carbocycles. The van der Waals surface area contributed by atoms with Crippen molar-refractivity contribution in [3.05, 3.63) is 24.6 Å². The molecule has 0 bridgehead atoms. The van der Waals surface area contributed by atoms with Gasteiger partial charge in [-0.2, -0.15) is 0 Å². The quantitative estimate of drug-likeness (QED) is 0.149. The van der Waals surface area contributed by atoms with Crippen LogP contribution in [0.3, 0.4) is 0 Å². The summed E-state index contributed by atoms with van der Waals surface area (Å²) in [6.45, 7) is 7.31. The topological polar surface area (TPSA) is 182 Å². The molecule has 0 radical (unpaired) electrons. The largest absolute Gasteiger partial charge is 0.465 e. The SMILES string of the molecule is CCCCOC(=O)[C@H](C)NP(=O)(CO[C@@H]1C=C(F)[C@H](n2cnc3c(N)ncnc32)O1)N[C@@H](C)C(=O)OCCCC. The third-order valence-electron chi connectivity index (χ3n) is 5.85. The molecule has 4 N–H and O–H groups in total. The highest BCUT2D eigenvalue weighted by Gasteiger charge is 2.36. The van der Waals surface area contributed by atoms with Crippen molar-refractivity contribution in [2.45, 2.75) is 78.0 Å². The zero-order valence-electron chi connectivity index (χ0n) is 23.0. The average molecular weight is 586 g/mol. The highest BCUT2D eigenvalue weighted by atomic mass is 31.2. The van der Waals surface area contributed by atoms with Gasteiger partial charge in [-0.3, -0.25) is 18.7 Å². The van der Waals surface area contributed by atoms with Gasteiger partial charge in [0, 0.05) is 6.08 Å². The molecule has 0 saturated heterocycles. The number of carbonyl (C=O) groups excluding carboxylic acids is 2. The third kappa shape index (κ3) is 8.27. The fraction of sp³-hybridized carbons (Fsp3) is 0.625. The predicted octanol–water partition coefficient (Wildman–Crippen LogP) is 2.93. The first-order chi connectivity index (χ1) is 19.1. The molecule has 0 aromatic carbocycles. The van der Waals surface area contributed by atoms with E-state index in [1.807, 2.05) is 13.8 Å². The summed E-state index contributed by atoms with van der Waals surface area (Å²) in [6, 6.07) is -2.01. The van der Waals surface area contributed by atoms with Gasteiger partial charge in [-0.1, -0.05) is 26.7 Å². The second-order valence-corrected chi connectivity index (χ2v) is 11.5. The van der Waals surface area contributed by atoms with E-state index in [1.54, 1.807) is 0 Å². The van der Waals surface area contributed by atoms with Gasteiger partial charge in [0.05, 0.1) is 19.5 Å². The maximum Gasteiger partial charge on any atom is 0.323 e. The number of aromatic nitrogens is 4. The molecule has 0 unspecified atom stereocenters. The number of ether oxygens (including phenoxy) is 4. The van der Waals surface area contributed by atoms with E-state index in [9.17, 15) is 18.5 Å². The first kappa shape index (κ1) is 31.6. The van der Waals surface area contributed by atoms with Crippen LogP contribution in [0.4, 0.5) is 10.2 Å². The molecule has 0 spiro atoms. The van der Waals surface area contributed by atoms with Crippen LogP contribution in [0.5, 0.6) is 0 Å². The van der Waals surface area contributed by atoms with Gasteiger partial charge >= 0.3 is 11.9 Å². The molecule has 3 rings (SSSR count). The fourth-order valence-corrected chi connectivity index (χ4v) is 5.72. The fourth-order valence-electron chi connectivity index (χ4n) is 3.68. The van der Waals surface area contributed by atoms with Gasteiger partial charge in [-0.25, -0.2) is 29.5 Å². The smallest absolute Gasteiger partial charge is 0.323 e. The lowest BCUT2D eigenvalue weighted by Crippen LogP contribution is -2.43. The van der Waals surface area contributed by atoms with Crippen molar-refractivity contribution in [3.8, 4) is 0 Å². The Morgan fingerprint density at radius 1 is 1.10 bits per heavy atom. The molecule has 0 fully saturated rings. The number of nitrogens with two attached hydrogens (primary N) is 1. The summed E-state index contributed by atoms with van der Waals surface area (Å²) in [5, 5.41) is 5.40. The first-order valence-electron chi connectivity index (χ1n) is 13.1. The van der Waals surface area contributed by atoms with Gasteiger partial charge in [0.15, 0.2) is 29.8 Å². The van der Waals surface area contributed by atoms with Crippen LogP contribution >= 0.6 is 7.44 Å². The van der Waals surface area contributed by atoms with Crippen molar-refractivity contribution in [2.24, 2.45) is 0 Å². The molecular weight excluding hydrogens is 548 g/mol. The lowest BCUT2D eigenvalue weighted by Gasteiger charge is -2.27. The van der Waals surface area contributed by atoms with E-state index in [0.717, 1.165) is 18.9 Å². The minimum absolute atomic E-state index is 0.127. The van der Waals surface area contributed by atoms with Crippen LogP contribution < -0.4 is 15.9 Å². The van der Waals surface area contributed by atoms with E-state index in [2.05, 4.69) is 25.1 Å². The highest BCUT2D eigenvalue weighted by Crippen LogP contribution is 2.40. The van der Waals surface area contributed by atoms with Crippen LogP contribution in [0.25, 0.3) is 11.2 Å². The van der Waals surface area contributed by atoms with Crippen molar-refractivity contribution < 1.29 is 37.5 Å². The zero-order chi connectivity index (χ0) is 29.3. The molecule has 2 aromatic rings. The van der Waals surface area contributed by atoms with Crippen LogP contribution in [0.2, 0.25) is 0 Å². The molecular formula is C24H37FN7O7P. The number of fused-ring (bicyclic) bond motifs is 1. The zero-order valence-corrected chi connectivity index (χ0v) is 23.9. The molecule has 16 heteroatoms. The Bertz CT molecular complexity index is 1210. The minimum Gasteiger partial charge on any atom is -0.465 e. The van der Waals surface area contributed by atoms with E-state index in [4.69, 9.17) is 24.7 Å². The summed E-state index contributed by atoms with van der Waals surface area (Å²) in [4.78, 5) is 36.9. The predicted molar refractivity (Wildman–Crippen MR) is 143 cm³/mol. The van der Waals surface area contributed by atoms with Gasteiger partial charge in [-0.05, 0) is 26.7 Å². The van der Waals surface area contributed by atoms with Gasteiger partial charge in [0.1, 0.15) is 30.3 Å². The summed E-state index contributed by atoms with van der Waals surface area (Å²) in [5.74, 6) is -1.81. The number of carbonyl (C=O) groups is 2.